The normalized spacial score (nSPS) is 17.9. The van der Waals surface area contributed by atoms with E-state index in [1.165, 1.54) is 10.4 Å². The highest BCUT2D eigenvalue weighted by Gasteiger charge is 2.33. The molecule has 1 saturated heterocycles. The molecule has 6 nitrogen and oxygen atoms in total. The molecule has 4 rings (SSSR count). The van der Waals surface area contributed by atoms with E-state index in [1.54, 1.807) is 36.4 Å². The first kappa shape index (κ1) is 20.6. The smallest absolute Gasteiger partial charge is 0.243 e. The van der Waals surface area contributed by atoms with Crippen molar-refractivity contribution in [1.29, 1.82) is 0 Å². The fraction of sp³-hybridized carbons (Fsp3) is 0.318. The van der Waals surface area contributed by atoms with Gasteiger partial charge in [0.15, 0.2) is 0 Å². The summed E-state index contributed by atoms with van der Waals surface area (Å²) < 4.78 is 43.4. The van der Waals surface area contributed by atoms with E-state index in [0.29, 0.717) is 24.9 Å². The molecule has 3 aromatic rings. The molecule has 1 unspecified atom stereocenters. The van der Waals surface area contributed by atoms with Gasteiger partial charge in [0.25, 0.3) is 0 Å². The molecule has 0 bridgehead atoms. The number of hydrogen-bond donors (Lipinski definition) is 1. The Labute approximate surface area is 175 Å². The van der Waals surface area contributed by atoms with Crippen molar-refractivity contribution < 1.29 is 17.6 Å². The molecule has 1 atom stereocenters. The largest absolute Gasteiger partial charge is 0.352 e. The van der Waals surface area contributed by atoms with E-state index in [1.807, 2.05) is 23.9 Å². The fourth-order valence-corrected chi connectivity index (χ4v) is 5.47. The topological polar surface area (TPSA) is 71.4 Å². The van der Waals surface area contributed by atoms with Gasteiger partial charge in [-0.25, -0.2) is 12.8 Å². The van der Waals surface area contributed by atoms with Crippen LogP contribution in [0.25, 0.3) is 10.9 Å². The van der Waals surface area contributed by atoms with Crippen LogP contribution in [0.4, 0.5) is 4.39 Å². The van der Waals surface area contributed by atoms with E-state index in [9.17, 15) is 17.6 Å². The van der Waals surface area contributed by atoms with Gasteiger partial charge in [-0.3, -0.25) is 4.79 Å². The summed E-state index contributed by atoms with van der Waals surface area (Å²) in [4.78, 5) is 12.8. The number of carbonyl (C=O) groups excluding carboxylic acids is 1. The van der Waals surface area contributed by atoms with Crippen molar-refractivity contribution in [3.8, 4) is 0 Å². The van der Waals surface area contributed by atoms with Gasteiger partial charge in [-0.15, -0.1) is 0 Å². The maximum atomic E-state index is 13.8. The molecule has 8 heteroatoms. The van der Waals surface area contributed by atoms with Gasteiger partial charge in [-0.1, -0.05) is 18.2 Å². The molecular weight excluding hydrogens is 405 g/mol. The van der Waals surface area contributed by atoms with Crippen LogP contribution in [0, 0.1) is 11.7 Å². The molecule has 0 saturated carbocycles. The molecule has 0 spiro atoms. The number of piperidine rings is 1. The van der Waals surface area contributed by atoms with E-state index in [0.717, 1.165) is 10.9 Å². The van der Waals surface area contributed by atoms with Gasteiger partial charge in [-0.05, 0) is 43.2 Å². The van der Waals surface area contributed by atoms with Gasteiger partial charge in [-0.2, -0.15) is 4.31 Å². The summed E-state index contributed by atoms with van der Waals surface area (Å²) in [6.45, 7) is 0.587. The zero-order valence-corrected chi connectivity index (χ0v) is 17.5. The minimum absolute atomic E-state index is 0.0828. The quantitative estimate of drug-likeness (QED) is 0.678. The minimum atomic E-state index is -3.70. The number of hydrogen-bond acceptors (Lipinski definition) is 3. The van der Waals surface area contributed by atoms with Crippen LogP contribution in [0.2, 0.25) is 0 Å². The van der Waals surface area contributed by atoms with E-state index < -0.39 is 15.9 Å². The number of amides is 1. The minimum Gasteiger partial charge on any atom is -0.352 e. The average molecular weight is 430 g/mol. The maximum absolute atomic E-state index is 13.8. The number of nitrogens with zero attached hydrogens (tertiary/aromatic N) is 2. The van der Waals surface area contributed by atoms with Gasteiger partial charge >= 0.3 is 0 Å². The second-order valence-electron chi connectivity index (χ2n) is 7.66. The summed E-state index contributed by atoms with van der Waals surface area (Å²) in [5.74, 6) is -1.08. The van der Waals surface area contributed by atoms with Crippen molar-refractivity contribution in [3.63, 3.8) is 0 Å². The lowest BCUT2D eigenvalue weighted by atomic mass is 9.98. The van der Waals surface area contributed by atoms with Gasteiger partial charge in [0.2, 0.25) is 15.9 Å². The van der Waals surface area contributed by atoms with Crippen LogP contribution < -0.4 is 5.32 Å². The molecule has 1 aromatic heterocycles. The highest BCUT2D eigenvalue weighted by atomic mass is 32.2. The number of aromatic nitrogens is 1. The van der Waals surface area contributed by atoms with E-state index in [4.69, 9.17) is 0 Å². The maximum Gasteiger partial charge on any atom is 0.243 e. The first-order chi connectivity index (χ1) is 14.4. The van der Waals surface area contributed by atoms with Crippen LogP contribution in [-0.4, -0.2) is 36.3 Å². The van der Waals surface area contributed by atoms with Crippen LogP contribution in [0.1, 0.15) is 18.4 Å². The molecule has 158 valence electrons. The van der Waals surface area contributed by atoms with Crippen molar-refractivity contribution in [2.75, 3.05) is 13.1 Å². The van der Waals surface area contributed by atoms with Gasteiger partial charge < -0.3 is 9.88 Å². The highest BCUT2D eigenvalue weighted by Crippen LogP contribution is 2.26. The van der Waals surface area contributed by atoms with Crippen molar-refractivity contribution in [3.05, 3.63) is 66.1 Å². The van der Waals surface area contributed by atoms with E-state index >= 15 is 0 Å². The summed E-state index contributed by atoms with van der Waals surface area (Å²) in [7, 11) is -1.79. The lowest BCUT2D eigenvalue weighted by Gasteiger charge is -2.31. The molecule has 1 N–H and O–H groups in total. The standard InChI is InChI=1S/C22H24FN3O3S/c1-25-12-10-16-13-19(8-9-21(16)25)30(28,29)26-11-4-6-18(15-26)22(27)24-14-17-5-2-3-7-20(17)23/h2-3,5,7-10,12-13,18H,4,6,11,14-15H2,1H3,(H,24,27). The van der Waals surface area contributed by atoms with Gasteiger partial charge in [0.05, 0.1) is 10.8 Å². The number of rotatable bonds is 5. The third-order valence-corrected chi connectivity index (χ3v) is 7.52. The summed E-state index contributed by atoms with van der Waals surface area (Å²) in [6, 6.07) is 13.2. The third kappa shape index (κ3) is 3.97. The fourth-order valence-electron chi connectivity index (χ4n) is 3.91. The third-order valence-electron chi connectivity index (χ3n) is 5.66. The second kappa shape index (κ2) is 8.20. The van der Waals surface area contributed by atoms with Crippen LogP contribution >= 0.6 is 0 Å². The number of aryl methyl sites for hydroxylation is 1. The predicted octanol–water partition coefficient (Wildman–Crippen LogP) is 3.03. The predicted molar refractivity (Wildman–Crippen MR) is 113 cm³/mol. The second-order valence-corrected chi connectivity index (χ2v) is 9.60. The van der Waals surface area contributed by atoms with Crippen molar-refractivity contribution in [2.45, 2.75) is 24.3 Å². The van der Waals surface area contributed by atoms with Crippen LogP contribution in [0.5, 0.6) is 0 Å². The molecule has 1 amide bonds. The van der Waals surface area contributed by atoms with Crippen LogP contribution in [0.3, 0.4) is 0 Å². The van der Waals surface area contributed by atoms with Crippen molar-refractivity contribution >= 4 is 26.8 Å². The molecule has 0 radical (unpaired) electrons. The lowest BCUT2D eigenvalue weighted by Crippen LogP contribution is -2.45. The number of sulfonamides is 1. The summed E-state index contributed by atoms with van der Waals surface area (Å²) in [5.41, 5.74) is 1.36. The Morgan fingerprint density at radius 3 is 2.80 bits per heavy atom. The zero-order chi connectivity index (χ0) is 21.3. The molecule has 30 heavy (non-hydrogen) atoms. The first-order valence-corrected chi connectivity index (χ1v) is 11.4. The summed E-state index contributed by atoms with van der Waals surface area (Å²) >= 11 is 0. The Bertz CT molecular complexity index is 1190. The van der Waals surface area contributed by atoms with E-state index in [2.05, 4.69) is 5.32 Å². The number of halogens is 1. The van der Waals surface area contributed by atoms with Crippen LogP contribution in [0.15, 0.2) is 59.6 Å². The molecular formula is C22H24FN3O3S. The Morgan fingerprint density at radius 1 is 1.20 bits per heavy atom. The monoisotopic (exact) mass is 429 g/mol. The molecule has 1 aliphatic heterocycles. The molecule has 2 aromatic carbocycles. The first-order valence-electron chi connectivity index (χ1n) is 9.92. The van der Waals surface area contributed by atoms with Crippen molar-refractivity contribution in [1.82, 2.24) is 14.2 Å². The van der Waals surface area contributed by atoms with Crippen molar-refractivity contribution in [2.24, 2.45) is 13.0 Å². The van der Waals surface area contributed by atoms with Gasteiger partial charge in [0.1, 0.15) is 5.82 Å². The Balaban J connectivity index is 1.46. The number of nitrogens with one attached hydrogen (secondary N) is 1. The van der Waals surface area contributed by atoms with Crippen LogP contribution in [-0.2, 0) is 28.4 Å². The number of carbonyl (C=O) groups is 1. The van der Waals surface area contributed by atoms with E-state index in [-0.39, 0.29) is 29.7 Å². The number of benzene rings is 2. The molecule has 2 heterocycles. The average Bonchev–Trinajstić information content (AvgIpc) is 3.13. The zero-order valence-electron chi connectivity index (χ0n) is 16.7. The SMILES string of the molecule is Cn1ccc2cc(S(=O)(=O)N3CCCC(C(=O)NCc4ccccc4F)C3)ccc21. The Morgan fingerprint density at radius 2 is 2.00 bits per heavy atom. The lowest BCUT2D eigenvalue weighted by molar-refractivity contribution is -0.126. The highest BCUT2D eigenvalue weighted by molar-refractivity contribution is 7.89. The summed E-state index contributed by atoms with van der Waals surface area (Å²) in [5, 5.41) is 3.60. The number of fused-ring (bicyclic) bond motifs is 1. The molecule has 0 aliphatic carbocycles. The van der Waals surface area contributed by atoms with Gasteiger partial charge in [0, 0.05) is 49.3 Å². The Kier molecular flexibility index (Phi) is 5.62. The molecule has 1 fully saturated rings. The molecule has 1 aliphatic rings. The summed E-state index contributed by atoms with van der Waals surface area (Å²) in [6.07, 6.45) is 3.09. The Hall–Kier alpha value is -2.71.